The number of amidine groups is 1. The van der Waals surface area contributed by atoms with Crippen molar-refractivity contribution in [2.24, 2.45) is 4.99 Å². The van der Waals surface area contributed by atoms with Crippen LogP contribution in [-0.4, -0.2) is 22.5 Å². The van der Waals surface area contributed by atoms with Gasteiger partial charge in [0.1, 0.15) is 17.3 Å². The van der Waals surface area contributed by atoms with E-state index in [-0.39, 0.29) is 11.7 Å². The van der Waals surface area contributed by atoms with Gasteiger partial charge in [-0.15, -0.1) is 0 Å². The predicted octanol–water partition coefficient (Wildman–Crippen LogP) is 6.36. The van der Waals surface area contributed by atoms with Crippen molar-refractivity contribution in [2.45, 2.75) is 6.92 Å². The van der Waals surface area contributed by atoms with Gasteiger partial charge in [0.15, 0.2) is 5.17 Å². The molecule has 2 heterocycles. The lowest BCUT2D eigenvalue weighted by Crippen LogP contribution is -2.28. The van der Waals surface area contributed by atoms with Crippen LogP contribution < -0.4 is 0 Å². The number of benzene rings is 2. The van der Waals surface area contributed by atoms with Crippen molar-refractivity contribution < 1.29 is 13.6 Å². The highest BCUT2D eigenvalue weighted by Gasteiger charge is 2.32. The molecule has 4 nitrogen and oxygen atoms in total. The SMILES string of the molecule is CCN1C(=O)/C(=C/c2ccc(-c3cccc(F)c3)o2)SC1=Nc1ccc(Cl)cc1. The van der Waals surface area contributed by atoms with Crippen LogP contribution >= 0.6 is 23.4 Å². The van der Waals surface area contributed by atoms with Crippen LogP contribution in [0.4, 0.5) is 10.1 Å². The van der Waals surface area contributed by atoms with Crippen molar-refractivity contribution in [3.63, 3.8) is 0 Å². The number of furan rings is 1. The predicted molar refractivity (Wildman–Crippen MR) is 116 cm³/mol. The van der Waals surface area contributed by atoms with Crippen molar-refractivity contribution in [3.8, 4) is 11.3 Å². The Kier molecular flexibility index (Phi) is 5.56. The molecule has 146 valence electrons. The molecule has 1 fully saturated rings. The molecule has 0 bridgehead atoms. The van der Waals surface area contributed by atoms with E-state index in [2.05, 4.69) is 4.99 Å². The first-order valence-corrected chi connectivity index (χ1v) is 10.1. The molecule has 0 radical (unpaired) electrons. The minimum Gasteiger partial charge on any atom is -0.457 e. The van der Waals surface area contributed by atoms with Crippen LogP contribution in [0.3, 0.4) is 0 Å². The van der Waals surface area contributed by atoms with Crippen LogP contribution in [0.25, 0.3) is 17.4 Å². The number of hydrogen-bond donors (Lipinski definition) is 0. The van der Waals surface area contributed by atoms with E-state index < -0.39 is 0 Å². The molecule has 1 aliphatic heterocycles. The quantitative estimate of drug-likeness (QED) is 0.456. The third kappa shape index (κ3) is 4.28. The zero-order chi connectivity index (χ0) is 20.4. The molecule has 0 unspecified atom stereocenters. The molecule has 0 spiro atoms. The summed E-state index contributed by atoms with van der Waals surface area (Å²) < 4.78 is 19.2. The van der Waals surface area contributed by atoms with Gasteiger partial charge in [0.25, 0.3) is 5.91 Å². The van der Waals surface area contributed by atoms with E-state index >= 15 is 0 Å². The molecule has 4 rings (SSSR count). The Morgan fingerprint density at radius 3 is 2.69 bits per heavy atom. The van der Waals surface area contributed by atoms with Gasteiger partial charge < -0.3 is 4.42 Å². The number of amides is 1. The highest BCUT2D eigenvalue weighted by atomic mass is 35.5. The molecular formula is C22H16ClFN2O2S. The third-order valence-corrected chi connectivity index (χ3v) is 5.52. The summed E-state index contributed by atoms with van der Waals surface area (Å²) in [5.74, 6) is 0.592. The Bertz CT molecular complexity index is 1120. The van der Waals surface area contributed by atoms with Crippen LogP contribution in [0.5, 0.6) is 0 Å². The maximum absolute atomic E-state index is 13.4. The van der Waals surface area contributed by atoms with Gasteiger partial charge in [0.2, 0.25) is 0 Å². The zero-order valence-electron chi connectivity index (χ0n) is 15.4. The number of aliphatic imine (C=N–C) groups is 1. The number of likely N-dealkylation sites (N-methyl/N-ethyl adjacent to an activating group) is 1. The Morgan fingerprint density at radius 1 is 1.17 bits per heavy atom. The van der Waals surface area contributed by atoms with Crippen LogP contribution in [0.1, 0.15) is 12.7 Å². The van der Waals surface area contributed by atoms with Crippen LogP contribution in [-0.2, 0) is 4.79 Å². The smallest absolute Gasteiger partial charge is 0.266 e. The van der Waals surface area contributed by atoms with E-state index in [4.69, 9.17) is 16.0 Å². The molecule has 2 aromatic carbocycles. The Morgan fingerprint density at radius 2 is 1.97 bits per heavy atom. The lowest BCUT2D eigenvalue weighted by Gasteiger charge is -2.11. The minimum absolute atomic E-state index is 0.131. The summed E-state index contributed by atoms with van der Waals surface area (Å²) in [5.41, 5.74) is 1.36. The molecule has 29 heavy (non-hydrogen) atoms. The van der Waals surface area contributed by atoms with Crippen molar-refractivity contribution >= 4 is 46.2 Å². The number of halogens is 2. The number of carbonyl (C=O) groups excluding carboxylic acids is 1. The summed E-state index contributed by atoms with van der Waals surface area (Å²) in [6.07, 6.45) is 1.68. The van der Waals surface area contributed by atoms with Gasteiger partial charge in [0, 0.05) is 23.2 Å². The van der Waals surface area contributed by atoms with Gasteiger partial charge in [-0.1, -0.05) is 23.7 Å². The fraction of sp³-hybridized carbons (Fsp3) is 0.0909. The first kappa shape index (κ1) is 19.5. The van der Waals surface area contributed by atoms with Gasteiger partial charge in [0.05, 0.1) is 10.6 Å². The average molecular weight is 427 g/mol. The van der Waals surface area contributed by atoms with Crippen molar-refractivity contribution in [3.05, 3.63) is 82.2 Å². The monoisotopic (exact) mass is 426 g/mol. The van der Waals surface area contributed by atoms with Gasteiger partial charge in [-0.3, -0.25) is 9.69 Å². The Hall–Kier alpha value is -2.83. The second-order valence-electron chi connectivity index (χ2n) is 6.24. The first-order chi connectivity index (χ1) is 14.0. The molecule has 3 aromatic rings. The average Bonchev–Trinajstić information content (AvgIpc) is 3.29. The van der Waals surface area contributed by atoms with Crippen LogP contribution in [0.2, 0.25) is 5.02 Å². The molecular weight excluding hydrogens is 411 g/mol. The third-order valence-electron chi connectivity index (χ3n) is 4.26. The molecule has 0 N–H and O–H groups in total. The summed E-state index contributed by atoms with van der Waals surface area (Å²) in [6.45, 7) is 2.40. The normalized spacial score (nSPS) is 16.9. The van der Waals surface area contributed by atoms with E-state index in [0.717, 1.165) is 5.69 Å². The highest BCUT2D eigenvalue weighted by molar-refractivity contribution is 8.18. The molecule has 0 atom stereocenters. The summed E-state index contributed by atoms with van der Waals surface area (Å²) in [5, 5.41) is 1.23. The maximum atomic E-state index is 13.4. The fourth-order valence-corrected chi connectivity index (χ4v) is 4.02. The highest BCUT2D eigenvalue weighted by Crippen LogP contribution is 2.35. The van der Waals surface area contributed by atoms with Crippen molar-refractivity contribution in [1.82, 2.24) is 4.90 Å². The molecule has 7 heteroatoms. The lowest BCUT2D eigenvalue weighted by molar-refractivity contribution is -0.122. The van der Waals surface area contributed by atoms with E-state index in [1.807, 2.05) is 6.92 Å². The summed E-state index contributed by atoms with van der Waals surface area (Å²) in [4.78, 5) is 19.5. The zero-order valence-corrected chi connectivity index (χ0v) is 17.0. The molecule has 0 saturated carbocycles. The summed E-state index contributed by atoms with van der Waals surface area (Å²) >= 11 is 7.20. The Labute approximate surface area is 176 Å². The molecule has 1 amide bonds. The van der Waals surface area contributed by atoms with Gasteiger partial charge in [-0.05, 0) is 67.2 Å². The van der Waals surface area contributed by atoms with Crippen LogP contribution in [0, 0.1) is 5.82 Å². The van der Waals surface area contributed by atoms with E-state index in [9.17, 15) is 9.18 Å². The Balaban J connectivity index is 1.61. The molecule has 1 aromatic heterocycles. The number of thioether (sulfide) groups is 1. The second-order valence-corrected chi connectivity index (χ2v) is 7.69. The van der Waals surface area contributed by atoms with Crippen molar-refractivity contribution in [1.29, 1.82) is 0 Å². The van der Waals surface area contributed by atoms with E-state index in [1.165, 1.54) is 23.9 Å². The van der Waals surface area contributed by atoms with E-state index in [1.54, 1.807) is 59.5 Å². The van der Waals surface area contributed by atoms with Gasteiger partial charge in [-0.2, -0.15) is 0 Å². The summed E-state index contributed by atoms with van der Waals surface area (Å²) in [7, 11) is 0. The standard InChI is InChI=1S/C22H16ClFN2O2S/c1-2-26-21(27)20(29-22(26)25-17-8-6-15(23)7-9-17)13-18-10-11-19(28-18)14-4-3-5-16(24)12-14/h3-13H,2H2,1H3/b20-13-,25-22?. The number of hydrogen-bond acceptors (Lipinski definition) is 4. The van der Waals surface area contributed by atoms with E-state index in [0.29, 0.717) is 38.7 Å². The molecule has 1 saturated heterocycles. The molecule has 1 aliphatic rings. The largest absolute Gasteiger partial charge is 0.457 e. The fourth-order valence-electron chi connectivity index (χ4n) is 2.85. The van der Waals surface area contributed by atoms with Crippen LogP contribution in [0.15, 0.2) is 75.0 Å². The first-order valence-electron chi connectivity index (χ1n) is 8.95. The number of nitrogens with zero attached hydrogens (tertiary/aromatic N) is 2. The summed E-state index contributed by atoms with van der Waals surface area (Å²) in [6, 6.07) is 16.8. The number of carbonyl (C=O) groups is 1. The number of rotatable bonds is 4. The lowest BCUT2D eigenvalue weighted by atomic mass is 10.2. The van der Waals surface area contributed by atoms with Gasteiger partial charge >= 0.3 is 0 Å². The van der Waals surface area contributed by atoms with Crippen molar-refractivity contribution in [2.75, 3.05) is 6.54 Å². The maximum Gasteiger partial charge on any atom is 0.266 e. The van der Waals surface area contributed by atoms with Gasteiger partial charge in [-0.25, -0.2) is 9.38 Å². The second kappa shape index (κ2) is 8.27. The molecule has 0 aliphatic carbocycles. The topological polar surface area (TPSA) is 45.8 Å². The minimum atomic E-state index is -0.332.